The van der Waals surface area contributed by atoms with E-state index in [0.29, 0.717) is 0 Å². The summed E-state index contributed by atoms with van der Waals surface area (Å²) in [5.41, 5.74) is -1.08. The van der Waals surface area contributed by atoms with Crippen molar-refractivity contribution in [3.05, 3.63) is 47.8 Å². The fraction of sp³-hybridized carbons (Fsp3) is 0.440. The van der Waals surface area contributed by atoms with Crippen molar-refractivity contribution in [3.63, 3.8) is 0 Å². The fourth-order valence-corrected chi connectivity index (χ4v) is 3.33. The van der Waals surface area contributed by atoms with Gasteiger partial charge in [-0.1, -0.05) is 13.8 Å². The molecule has 0 aliphatic heterocycles. The molecule has 12 heteroatoms. The Morgan fingerprint density at radius 1 is 1.00 bits per heavy atom. The second-order valence-electron chi connectivity index (χ2n) is 8.47. The number of hydrogen-bond acceptors (Lipinski definition) is 8. The molecular weight excluding hydrogens is 497 g/mol. The number of alkyl halides is 3. The lowest BCUT2D eigenvalue weighted by atomic mass is 10.0. The molecule has 202 valence electrons. The van der Waals surface area contributed by atoms with Crippen molar-refractivity contribution in [3.8, 4) is 17.2 Å². The molecule has 0 radical (unpaired) electrons. The van der Waals surface area contributed by atoms with Crippen LogP contribution in [0.25, 0.3) is 0 Å². The van der Waals surface area contributed by atoms with E-state index in [1.807, 2.05) is 0 Å². The molecule has 0 saturated carbocycles. The van der Waals surface area contributed by atoms with Gasteiger partial charge in [0, 0.05) is 19.2 Å². The predicted molar refractivity (Wildman–Crippen MR) is 125 cm³/mol. The van der Waals surface area contributed by atoms with Gasteiger partial charge in [0.25, 0.3) is 5.91 Å². The molecule has 1 amide bonds. The second kappa shape index (κ2) is 12.4. The Labute approximate surface area is 212 Å². The summed E-state index contributed by atoms with van der Waals surface area (Å²) in [6.45, 7) is 7.71. The summed E-state index contributed by atoms with van der Waals surface area (Å²) in [6, 6.07) is 4.45. The molecule has 0 saturated heterocycles. The number of benzene rings is 1. The van der Waals surface area contributed by atoms with Crippen LogP contribution in [0.15, 0.2) is 36.5 Å². The first kappa shape index (κ1) is 29.4. The molecule has 2 aromatic rings. The van der Waals surface area contributed by atoms with E-state index in [1.54, 1.807) is 20.8 Å². The van der Waals surface area contributed by atoms with Crippen LogP contribution in [-0.2, 0) is 20.5 Å². The standard InChI is InChI=1S/C25H29F3N2O7/c1-13(2)21(37-18-9-7-17(8-10-18)25(26,27)28)15(4)35-24(33)14(3)30-23(32)20-22(36-16(5)31)19(34-6)11-12-29-20/h7-15,21H,1-6H3,(H,30,32)/t14-,15-,21+/m0/s1. The highest BCUT2D eigenvalue weighted by Crippen LogP contribution is 2.31. The van der Waals surface area contributed by atoms with Crippen molar-refractivity contribution in [2.45, 2.75) is 59.0 Å². The molecule has 0 unspecified atom stereocenters. The Balaban J connectivity index is 2.08. The molecule has 0 aliphatic rings. The van der Waals surface area contributed by atoms with Crippen LogP contribution in [0, 0.1) is 5.92 Å². The van der Waals surface area contributed by atoms with Gasteiger partial charge < -0.3 is 24.3 Å². The number of methoxy groups -OCH3 is 1. The average molecular weight is 527 g/mol. The van der Waals surface area contributed by atoms with Crippen LogP contribution in [0.2, 0.25) is 0 Å². The minimum atomic E-state index is -4.47. The predicted octanol–water partition coefficient (Wildman–Crippen LogP) is 4.19. The number of rotatable bonds is 10. The molecule has 1 aromatic heterocycles. The third-order valence-electron chi connectivity index (χ3n) is 5.13. The molecule has 0 bridgehead atoms. The minimum absolute atomic E-state index is 0.0967. The van der Waals surface area contributed by atoms with Gasteiger partial charge in [-0.2, -0.15) is 13.2 Å². The van der Waals surface area contributed by atoms with Gasteiger partial charge in [0.2, 0.25) is 5.75 Å². The van der Waals surface area contributed by atoms with Crippen molar-refractivity contribution in [1.29, 1.82) is 0 Å². The van der Waals surface area contributed by atoms with Gasteiger partial charge in [-0.05, 0) is 44.0 Å². The summed E-state index contributed by atoms with van der Waals surface area (Å²) >= 11 is 0. The number of nitrogens with one attached hydrogen (secondary N) is 1. The van der Waals surface area contributed by atoms with Crippen molar-refractivity contribution in [2.24, 2.45) is 5.92 Å². The van der Waals surface area contributed by atoms with E-state index in [4.69, 9.17) is 18.9 Å². The zero-order valence-corrected chi connectivity index (χ0v) is 21.2. The molecule has 1 heterocycles. The van der Waals surface area contributed by atoms with Crippen LogP contribution >= 0.6 is 0 Å². The Kier molecular flexibility index (Phi) is 9.87. The van der Waals surface area contributed by atoms with Crippen molar-refractivity contribution >= 4 is 17.8 Å². The highest BCUT2D eigenvalue weighted by Gasteiger charge is 2.32. The maximum absolute atomic E-state index is 12.8. The smallest absolute Gasteiger partial charge is 0.416 e. The maximum Gasteiger partial charge on any atom is 0.416 e. The van der Waals surface area contributed by atoms with Crippen LogP contribution in [-0.4, -0.2) is 48.2 Å². The number of pyridine rings is 1. The lowest BCUT2D eigenvalue weighted by molar-refractivity contribution is -0.156. The zero-order valence-electron chi connectivity index (χ0n) is 21.2. The lowest BCUT2D eigenvalue weighted by Gasteiger charge is -2.29. The number of halogens is 3. The number of ether oxygens (including phenoxy) is 4. The van der Waals surface area contributed by atoms with Gasteiger partial charge in [0.15, 0.2) is 11.4 Å². The van der Waals surface area contributed by atoms with E-state index < -0.39 is 47.8 Å². The Morgan fingerprint density at radius 3 is 2.14 bits per heavy atom. The van der Waals surface area contributed by atoms with E-state index >= 15 is 0 Å². The van der Waals surface area contributed by atoms with Gasteiger partial charge in [-0.3, -0.25) is 9.59 Å². The summed E-state index contributed by atoms with van der Waals surface area (Å²) < 4.78 is 59.9. The highest BCUT2D eigenvalue weighted by atomic mass is 19.4. The number of hydrogen-bond donors (Lipinski definition) is 1. The number of carbonyl (C=O) groups excluding carboxylic acids is 3. The van der Waals surface area contributed by atoms with Gasteiger partial charge in [-0.15, -0.1) is 0 Å². The molecule has 9 nitrogen and oxygen atoms in total. The normalized spacial score (nSPS) is 13.8. The van der Waals surface area contributed by atoms with Gasteiger partial charge >= 0.3 is 18.1 Å². The third-order valence-corrected chi connectivity index (χ3v) is 5.13. The summed E-state index contributed by atoms with van der Waals surface area (Å²) in [5.74, 6) is -2.41. The van der Waals surface area contributed by atoms with Crippen molar-refractivity contribution in [2.75, 3.05) is 7.11 Å². The van der Waals surface area contributed by atoms with E-state index in [0.717, 1.165) is 19.1 Å². The monoisotopic (exact) mass is 526 g/mol. The number of esters is 2. The summed E-state index contributed by atoms with van der Waals surface area (Å²) in [5, 5.41) is 2.43. The quantitative estimate of drug-likeness (QED) is 0.459. The van der Waals surface area contributed by atoms with Crippen LogP contribution in [0.3, 0.4) is 0 Å². The molecule has 3 atom stereocenters. The van der Waals surface area contributed by atoms with Crippen molar-refractivity contribution < 1.29 is 46.5 Å². The van der Waals surface area contributed by atoms with E-state index in [1.165, 1.54) is 38.4 Å². The number of amides is 1. The first-order valence-electron chi connectivity index (χ1n) is 11.3. The van der Waals surface area contributed by atoms with Gasteiger partial charge in [0.1, 0.15) is 24.0 Å². The van der Waals surface area contributed by atoms with Gasteiger partial charge in [-0.25, -0.2) is 9.78 Å². The summed E-state index contributed by atoms with van der Waals surface area (Å²) in [4.78, 5) is 40.8. The Bertz CT molecular complexity index is 1100. The fourth-order valence-electron chi connectivity index (χ4n) is 3.33. The Morgan fingerprint density at radius 2 is 1.62 bits per heavy atom. The van der Waals surface area contributed by atoms with Gasteiger partial charge in [0.05, 0.1) is 12.7 Å². The Hall–Kier alpha value is -3.83. The molecule has 1 aromatic carbocycles. The first-order valence-corrected chi connectivity index (χ1v) is 11.3. The zero-order chi connectivity index (χ0) is 27.9. The molecule has 1 N–H and O–H groups in total. The minimum Gasteiger partial charge on any atom is -0.493 e. The molecular formula is C25H29F3N2O7. The summed E-state index contributed by atoms with van der Waals surface area (Å²) in [7, 11) is 1.32. The second-order valence-corrected chi connectivity index (χ2v) is 8.47. The van der Waals surface area contributed by atoms with Crippen LogP contribution < -0.4 is 19.5 Å². The number of carbonyl (C=O) groups is 3. The SMILES string of the molecule is COc1ccnc(C(=O)N[C@@H](C)C(=O)O[C@@H](C)[C@H](Oc2ccc(C(F)(F)F)cc2)C(C)C)c1OC(C)=O. The molecule has 0 spiro atoms. The van der Waals surface area contributed by atoms with E-state index in [9.17, 15) is 27.6 Å². The maximum atomic E-state index is 12.8. The number of aromatic nitrogens is 1. The van der Waals surface area contributed by atoms with Crippen LogP contribution in [0.1, 0.15) is 50.7 Å². The number of nitrogens with zero attached hydrogens (tertiary/aromatic N) is 1. The molecule has 0 fully saturated rings. The van der Waals surface area contributed by atoms with E-state index in [-0.39, 0.29) is 28.9 Å². The summed E-state index contributed by atoms with van der Waals surface area (Å²) in [6.07, 6.45) is -4.71. The van der Waals surface area contributed by atoms with Crippen LogP contribution in [0.4, 0.5) is 13.2 Å². The lowest BCUT2D eigenvalue weighted by Crippen LogP contribution is -2.44. The molecule has 2 rings (SSSR count). The third kappa shape index (κ3) is 8.09. The molecule has 37 heavy (non-hydrogen) atoms. The van der Waals surface area contributed by atoms with Crippen LogP contribution in [0.5, 0.6) is 17.2 Å². The highest BCUT2D eigenvalue weighted by molar-refractivity contribution is 5.98. The first-order chi connectivity index (χ1) is 17.2. The van der Waals surface area contributed by atoms with Crippen molar-refractivity contribution in [1.82, 2.24) is 10.3 Å². The topological polar surface area (TPSA) is 113 Å². The largest absolute Gasteiger partial charge is 0.493 e. The molecule has 0 aliphatic carbocycles. The average Bonchev–Trinajstić information content (AvgIpc) is 2.81. The van der Waals surface area contributed by atoms with E-state index in [2.05, 4.69) is 10.3 Å².